The second kappa shape index (κ2) is 6.27. The number of hydrogen-bond donors (Lipinski definition) is 1. The quantitative estimate of drug-likeness (QED) is 0.826. The van der Waals surface area contributed by atoms with Crippen LogP contribution in [0.2, 0.25) is 0 Å². The summed E-state index contributed by atoms with van der Waals surface area (Å²) in [6.07, 6.45) is 7.85. The fourth-order valence-electron chi connectivity index (χ4n) is 2.27. The molecule has 1 N–H and O–H groups in total. The molecule has 1 fully saturated rings. The van der Waals surface area contributed by atoms with Crippen LogP contribution in [-0.4, -0.2) is 55.1 Å². The van der Waals surface area contributed by atoms with Gasteiger partial charge >= 0.3 is 0 Å². The number of nitrogens with zero attached hydrogens (tertiary/aromatic N) is 3. The Kier molecular flexibility index (Phi) is 4.66. The summed E-state index contributed by atoms with van der Waals surface area (Å²) in [5.74, 6) is -0.0383. The van der Waals surface area contributed by atoms with Crippen LogP contribution in [0.1, 0.15) is 24.5 Å². The maximum atomic E-state index is 12.0. The molecule has 1 aromatic heterocycles. The van der Waals surface area contributed by atoms with Gasteiger partial charge in [-0.15, -0.1) is 0 Å². The van der Waals surface area contributed by atoms with Crippen LogP contribution in [0.15, 0.2) is 18.6 Å². The molecule has 1 saturated heterocycles. The molecule has 110 valence electrons. The van der Waals surface area contributed by atoms with E-state index in [0.29, 0.717) is 13.1 Å². The molecule has 1 unspecified atom stereocenters. The Labute approximate surface area is 118 Å². The van der Waals surface area contributed by atoms with Gasteiger partial charge in [0.15, 0.2) is 0 Å². The van der Waals surface area contributed by atoms with Crippen LogP contribution in [0.5, 0.6) is 0 Å². The first-order chi connectivity index (χ1) is 9.46. The topological polar surface area (TPSA) is 92.3 Å². The van der Waals surface area contributed by atoms with E-state index in [1.54, 1.807) is 23.5 Å². The highest BCUT2D eigenvalue weighted by Gasteiger charge is 2.25. The van der Waals surface area contributed by atoms with E-state index < -0.39 is 10.0 Å². The number of sulfonamides is 1. The van der Waals surface area contributed by atoms with Crippen LogP contribution in [0.4, 0.5) is 0 Å². The molecule has 1 aliphatic heterocycles. The van der Waals surface area contributed by atoms with Crippen molar-refractivity contribution in [2.75, 3.05) is 25.9 Å². The van der Waals surface area contributed by atoms with Gasteiger partial charge in [0, 0.05) is 37.6 Å². The first kappa shape index (κ1) is 14.9. The number of hydrogen-bond acceptors (Lipinski definition) is 5. The third-order valence-corrected chi connectivity index (χ3v) is 3.93. The second-order valence-corrected chi connectivity index (χ2v) is 6.74. The molecular formula is C12H18N4O3S. The largest absolute Gasteiger partial charge is 0.341 e. The van der Waals surface area contributed by atoms with Gasteiger partial charge in [0.05, 0.1) is 18.5 Å². The molecule has 0 aliphatic carbocycles. The van der Waals surface area contributed by atoms with E-state index in [0.717, 1.165) is 24.8 Å². The standard InChI is InChI=1S/C12H18N4O3S/c1-20(18,19)15-8-12(17)16-6-2-3-10(9-16)11-7-13-4-5-14-11/h4-5,7,10,15H,2-3,6,8-9H2,1H3. The fourth-order valence-corrected chi connectivity index (χ4v) is 2.66. The molecule has 0 aromatic carbocycles. The van der Waals surface area contributed by atoms with Crippen LogP contribution >= 0.6 is 0 Å². The first-order valence-electron chi connectivity index (χ1n) is 6.44. The summed E-state index contributed by atoms with van der Waals surface area (Å²) < 4.78 is 24.2. The Hall–Kier alpha value is -1.54. The summed E-state index contributed by atoms with van der Waals surface area (Å²) in [6.45, 7) is 1.02. The minimum absolute atomic E-state index is 0.166. The number of piperidine rings is 1. The summed E-state index contributed by atoms with van der Waals surface area (Å²) in [5.41, 5.74) is 0.876. The number of likely N-dealkylation sites (tertiary alicyclic amines) is 1. The maximum Gasteiger partial charge on any atom is 0.237 e. The maximum absolute atomic E-state index is 12.0. The van der Waals surface area contributed by atoms with Gasteiger partial charge in [0.2, 0.25) is 15.9 Å². The SMILES string of the molecule is CS(=O)(=O)NCC(=O)N1CCCC(c2cnccn2)C1. The van der Waals surface area contributed by atoms with Gasteiger partial charge in [0.25, 0.3) is 0 Å². The molecule has 1 aromatic rings. The summed E-state index contributed by atoms with van der Waals surface area (Å²) in [5, 5.41) is 0. The molecule has 0 saturated carbocycles. The smallest absolute Gasteiger partial charge is 0.237 e. The third kappa shape index (κ3) is 4.24. The Morgan fingerprint density at radius 2 is 2.30 bits per heavy atom. The van der Waals surface area contributed by atoms with Gasteiger partial charge in [-0.3, -0.25) is 14.8 Å². The molecule has 0 radical (unpaired) electrons. The van der Waals surface area contributed by atoms with E-state index in [2.05, 4.69) is 14.7 Å². The van der Waals surface area contributed by atoms with E-state index >= 15 is 0 Å². The highest BCUT2D eigenvalue weighted by molar-refractivity contribution is 7.88. The van der Waals surface area contributed by atoms with Crippen molar-refractivity contribution >= 4 is 15.9 Å². The molecule has 20 heavy (non-hydrogen) atoms. The number of carbonyl (C=O) groups excluding carboxylic acids is 1. The minimum Gasteiger partial charge on any atom is -0.341 e. The van der Waals surface area contributed by atoms with Gasteiger partial charge < -0.3 is 4.90 Å². The van der Waals surface area contributed by atoms with Crippen molar-refractivity contribution in [3.63, 3.8) is 0 Å². The molecule has 1 aliphatic rings. The van der Waals surface area contributed by atoms with Crippen LogP contribution in [0, 0.1) is 0 Å². The van der Waals surface area contributed by atoms with E-state index in [1.807, 2.05) is 0 Å². The predicted molar refractivity (Wildman–Crippen MR) is 73.4 cm³/mol. The molecule has 0 bridgehead atoms. The highest BCUT2D eigenvalue weighted by Crippen LogP contribution is 2.24. The summed E-state index contributed by atoms with van der Waals surface area (Å²) in [7, 11) is -3.34. The number of rotatable bonds is 4. The van der Waals surface area contributed by atoms with Gasteiger partial charge in [0.1, 0.15) is 0 Å². The van der Waals surface area contributed by atoms with Crippen LogP contribution < -0.4 is 4.72 Å². The van der Waals surface area contributed by atoms with Crippen LogP contribution in [0.25, 0.3) is 0 Å². The number of aromatic nitrogens is 2. The normalized spacial score (nSPS) is 19.9. The summed E-state index contributed by atoms with van der Waals surface area (Å²) >= 11 is 0. The molecular weight excluding hydrogens is 280 g/mol. The Morgan fingerprint density at radius 3 is 2.95 bits per heavy atom. The molecule has 2 heterocycles. The van der Waals surface area contributed by atoms with Gasteiger partial charge in [-0.2, -0.15) is 0 Å². The first-order valence-corrected chi connectivity index (χ1v) is 8.33. The van der Waals surface area contributed by atoms with E-state index in [9.17, 15) is 13.2 Å². The molecule has 7 nitrogen and oxygen atoms in total. The van der Waals surface area contributed by atoms with Crippen LogP contribution in [0.3, 0.4) is 0 Å². The zero-order valence-corrected chi connectivity index (χ0v) is 12.1. The summed E-state index contributed by atoms with van der Waals surface area (Å²) in [6, 6.07) is 0. The monoisotopic (exact) mass is 298 g/mol. The Bertz CT molecular complexity index is 561. The lowest BCUT2D eigenvalue weighted by Crippen LogP contribution is -2.44. The Morgan fingerprint density at radius 1 is 1.50 bits per heavy atom. The fraction of sp³-hybridized carbons (Fsp3) is 0.583. The molecule has 1 atom stereocenters. The number of carbonyl (C=O) groups is 1. The molecule has 0 spiro atoms. The van der Waals surface area contributed by atoms with E-state index in [-0.39, 0.29) is 18.4 Å². The number of amides is 1. The lowest BCUT2D eigenvalue weighted by molar-refractivity contribution is -0.131. The summed E-state index contributed by atoms with van der Waals surface area (Å²) in [4.78, 5) is 22.0. The lowest BCUT2D eigenvalue weighted by Gasteiger charge is -2.32. The van der Waals surface area contributed by atoms with Crippen molar-refractivity contribution in [2.24, 2.45) is 0 Å². The molecule has 8 heteroatoms. The lowest BCUT2D eigenvalue weighted by atomic mass is 9.95. The van der Waals surface area contributed by atoms with Crippen molar-refractivity contribution < 1.29 is 13.2 Å². The van der Waals surface area contributed by atoms with Crippen molar-refractivity contribution in [3.05, 3.63) is 24.3 Å². The van der Waals surface area contributed by atoms with E-state index in [4.69, 9.17) is 0 Å². The van der Waals surface area contributed by atoms with Crippen molar-refractivity contribution in [1.29, 1.82) is 0 Å². The van der Waals surface area contributed by atoms with Gasteiger partial charge in [-0.25, -0.2) is 13.1 Å². The van der Waals surface area contributed by atoms with Gasteiger partial charge in [-0.1, -0.05) is 0 Å². The van der Waals surface area contributed by atoms with Crippen LogP contribution in [-0.2, 0) is 14.8 Å². The molecule has 1 amide bonds. The minimum atomic E-state index is -3.34. The second-order valence-electron chi connectivity index (χ2n) is 4.90. The highest BCUT2D eigenvalue weighted by atomic mass is 32.2. The average molecular weight is 298 g/mol. The van der Waals surface area contributed by atoms with E-state index in [1.165, 1.54) is 0 Å². The molecule has 2 rings (SSSR count). The zero-order chi connectivity index (χ0) is 14.6. The zero-order valence-electron chi connectivity index (χ0n) is 11.3. The van der Waals surface area contributed by atoms with Crippen molar-refractivity contribution in [2.45, 2.75) is 18.8 Å². The van der Waals surface area contributed by atoms with Crippen molar-refractivity contribution in [1.82, 2.24) is 19.6 Å². The van der Waals surface area contributed by atoms with Gasteiger partial charge in [-0.05, 0) is 12.8 Å². The Balaban J connectivity index is 1.95. The predicted octanol–water partition coefficient (Wildman–Crippen LogP) is -0.268. The number of nitrogens with one attached hydrogen (secondary N) is 1. The third-order valence-electron chi connectivity index (χ3n) is 3.26. The van der Waals surface area contributed by atoms with Crippen molar-refractivity contribution in [3.8, 4) is 0 Å². The average Bonchev–Trinajstić information content (AvgIpc) is 2.45.